The van der Waals surface area contributed by atoms with E-state index in [2.05, 4.69) is 15.2 Å². The first-order valence-corrected chi connectivity index (χ1v) is 8.29. The summed E-state index contributed by atoms with van der Waals surface area (Å²) in [5.41, 5.74) is 1.48. The van der Waals surface area contributed by atoms with Gasteiger partial charge in [0.15, 0.2) is 0 Å². The van der Waals surface area contributed by atoms with Crippen molar-refractivity contribution in [3.8, 4) is 0 Å². The van der Waals surface area contributed by atoms with Gasteiger partial charge in [-0.15, -0.1) is 10.2 Å². The van der Waals surface area contributed by atoms with Gasteiger partial charge in [0.1, 0.15) is 11.3 Å². The van der Waals surface area contributed by atoms with Crippen molar-refractivity contribution in [2.75, 3.05) is 4.31 Å². The zero-order valence-electron chi connectivity index (χ0n) is 10.7. The van der Waals surface area contributed by atoms with Gasteiger partial charge in [-0.2, -0.15) is 4.31 Å². The summed E-state index contributed by atoms with van der Waals surface area (Å²) in [5.74, 6) is 0.276. The smallest absolute Gasteiger partial charge is 0.238 e. The van der Waals surface area contributed by atoms with E-state index < -0.39 is 10.0 Å². The quantitative estimate of drug-likeness (QED) is 0.738. The molecule has 0 bridgehead atoms. The van der Waals surface area contributed by atoms with Crippen molar-refractivity contribution in [1.29, 1.82) is 0 Å². The third-order valence-corrected chi connectivity index (χ3v) is 5.16. The van der Waals surface area contributed by atoms with Gasteiger partial charge in [0.05, 0.1) is 4.90 Å². The molecule has 21 heavy (non-hydrogen) atoms. The fraction of sp³-hybridized carbons (Fsp3) is 0. The summed E-state index contributed by atoms with van der Waals surface area (Å²) >= 11 is 1.13. The Balaban J connectivity index is 2.17. The van der Waals surface area contributed by atoms with Crippen LogP contribution in [0, 0.1) is 0 Å². The highest BCUT2D eigenvalue weighted by molar-refractivity contribution is 7.93. The van der Waals surface area contributed by atoms with Crippen molar-refractivity contribution < 1.29 is 8.42 Å². The predicted molar refractivity (Wildman–Crippen MR) is 79.9 cm³/mol. The summed E-state index contributed by atoms with van der Waals surface area (Å²) in [6.07, 6.45) is 1.53. The Morgan fingerprint density at radius 2 is 1.76 bits per heavy atom. The van der Waals surface area contributed by atoms with Crippen LogP contribution in [0.2, 0.25) is 0 Å². The van der Waals surface area contributed by atoms with Gasteiger partial charge in [0.25, 0.3) is 10.0 Å². The number of anilines is 2. The minimum Gasteiger partial charge on any atom is -0.238 e. The third-order valence-electron chi connectivity index (χ3n) is 2.66. The molecule has 6 nitrogen and oxygen atoms in total. The van der Waals surface area contributed by atoms with Gasteiger partial charge in [-0.3, -0.25) is 0 Å². The van der Waals surface area contributed by atoms with Crippen molar-refractivity contribution in [3.05, 3.63) is 60.2 Å². The van der Waals surface area contributed by atoms with Gasteiger partial charge in [0.2, 0.25) is 5.13 Å². The van der Waals surface area contributed by atoms with Crippen LogP contribution in [0.1, 0.15) is 0 Å². The molecule has 0 radical (unpaired) electrons. The first-order valence-electron chi connectivity index (χ1n) is 5.97. The zero-order valence-corrected chi connectivity index (χ0v) is 12.3. The van der Waals surface area contributed by atoms with Gasteiger partial charge in [-0.1, -0.05) is 35.6 Å². The molecule has 0 saturated heterocycles. The zero-order chi connectivity index (χ0) is 14.7. The number of pyridine rings is 1. The molecule has 0 aliphatic carbocycles. The Kier molecular flexibility index (Phi) is 3.63. The lowest BCUT2D eigenvalue weighted by Gasteiger charge is -2.19. The van der Waals surface area contributed by atoms with Crippen molar-refractivity contribution in [1.82, 2.24) is 15.2 Å². The van der Waals surface area contributed by atoms with Gasteiger partial charge in [-0.05, 0) is 24.3 Å². The molecule has 106 valence electrons. The number of benzene rings is 1. The van der Waals surface area contributed by atoms with Crippen LogP contribution in [0.15, 0.2) is 65.1 Å². The standard InChI is InChI=1S/C13H10N4O2S2/c18-21(19,11-6-2-1-3-7-11)17(13-16-15-10-20-13)12-8-4-5-9-14-12/h1-10H. The minimum absolute atomic E-state index is 0.172. The van der Waals surface area contributed by atoms with Crippen molar-refractivity contribution in [2.24, 2.45) is 0 Å². The van der Waals surface area contributed by atoms with Gasteiger partial charge in [-0.25, -0.2) is 13.4 Å². The predicted octanol–water partition coefficient (Wildman–Crippen LogP) is 2.46. The molecule has 2 aromatic heterocycles. The van der Waals surface area contributed by atoms with Gasteiger partial charge >= 0.3 is 0 Å². The molecule has 0 atom stereocenters. The van der Waals surface area contributed by atoms with E-state index in [4.69, 9.17) is 0 Å². The van der Waals surface area contributed by atoms with Crippen LogP contribution in [0.25, 0.3) is 0 Å². The molecule has 1 aromatic carbocycles. The third kappa shape index (κ3) is 2.63. The van der Waals surface area contributed by atoms with E-state index >= 15 is 0 Å². The fourth-order valence-corrected chi connectivity index (χ4v) is 3.96. The lowest BCUT2D eigenvalue weighted by Crippen LogP contribution is -2.27. The van der Waals surface area contributed by atoms with Crippen LogP contribution >= 0.6 is 11.3 Å². The monoisotopic (exact) mass is 318 g/mol. The van der Waals surface area contributed by atoms with E-state index in [-0.39, 0.29) is 15.8 Å². The van der Waals surface area contributed by atoms with Crippen LogP contribution in [0.4, 0.5) is 10.9 Å². The Morgan fingerprint density at radius 1 is 1.00 bits per heavy atom. The molecule has 2 heterocycles. The maximum atomic E-state index is 12.9. The van der Waals surface area contributed by atoms with E-state index in [1.54, 1.807) is 36.4 Å². The molecule has 8 heteroatoms. The Bertz CT molecular complexity index is 806. The van der Waals surface area contributed by atoms with Crippen LogP contribution < -0.4 is 4.31 Å². The number of hydrogen-bond donors (Lipinski definition) is 0. The molecule has 0 saturated carbocycles. The normalized spacial score (nSPS) is 11.2. The molecular formula is C13H10N4O2S2. The molecule has 0 fully saturated rings. The van der Waals surface area contributed by atoms with E-state index in [1.165, 1.54) is 23.8 Å². The molecule has 3 rings (SSSR count). The van der Waals surface area contributed by atoms with Crippen LogP contribution in [-0.4, -0.2) is 23.6 Å². The average molecular weight is 318 g/mol. The maximum absolute atomic E-state index is 12.9. The van der Waals surface area contributed by atoms with Gasteiger partial charge in [0, 0.05) is 6.20 Å². The van der Waals surface area contributed by atoms with E-state index in [0.717, 1.165) is 15.6 Å². The Morgan fingerprint density at radius 3 is 2.38 bits per heavy atom. The second kappa shape index (κ2) is 5.58. The highest BCUT2D eigenvalue weighted by Crippen LogP contribution is 2.31. The first kappa shape index (κ1) is 13.7. The molecule has 0 spiro atoms. The topological polar surface area (TPSA) is 76.1 Å². The lowest BCUT2D eigenvalue weighted by atomic mass is 10.4. The molecule has 0 N–H and O–H groups in total. The minimum atomic E-state index is -3.80. The first-order chi connectivity index (χ1) is 10.2. The van der Waals surface area contributed by atoms with Crippen LogP contribution in [0.5, 0.6) is 0 Å². The van der Waals surface area contributed by atoms with Crippen molar-refractivity contribution in [2.45, 2.75) is 4.90 Å². The van der Waals surface area contributed by atoms with Crippen LogP contribution in [0.3, 0.4) is 0 Å². The highest BCUT2D eigenvalue weighted by Gasteiger charge is 2.29. The number of rotatable bonds is 4. The van der Waals surface area contributed by atoms with Crippen molar-refractivity contribution >= 4 is 32.3 Å². The molecule has 0 aliphatic rings. The fourth-order valence-electron chi connectivity index (χ4n) is 1.75. The molecule has 3 aromatic rings. The lowest BCUT2D eigenvalue weighted by molar-refractivity contribution is 0.595. The molecular weight excluding hydrogens is 308 g/mol. The number of nitrogens with zero attached hydrogens (tertiary/aromatic N) is 4. The Labute approximate surface area is 125 Å². The van der Waals surface area contributed by atoms with E-state index in [9.17, 15) is 8.42 Å². The molecule has 0 aliphatic heterocycles. The van der Waals surface area contributed by atoms with E-state index in [1.807, 2.05) is 0 Å². The summed E-state index contributed by atoms with van der Waals surface area (Å²) in [6, 6.07) is 13.2. The average Bonchev–Trinajstić information content (AvgIpc) is 3.03. The van der Waals surface area contributed by atoms with Gasteiger partial charge < -0.3 is 0 Å². The SMILES string of the molecule is O=S(=O)(c1ccccc1)N(c1ccccn1)c1nncs1. The Hall–Kier alpha value is -2.32. The summed E-state index contributed by atoms with van der Waals surface area (Å²) in [7, 11) is -3.80. The number of aromatic nitrogens is 3. The summed E-state index contributed by atoms with van der Waals surface area (Å²) < 4.78 is 26.8. The number of hydrogen-bond acceptors (Lipinski definition) is 6. The van der Waals surface area contributed by atoms with Crippen molar-refractivity contribution in [3.63, 3.8) is 0 Å². The molecule has 0 amide bonds. The largest absolute Gasteiger partial charge is 0.271 e. The summed E-state index contributed by atoms with van der Waals surface area (Å²) in [5, 5.41) is 7.82. The molecule has 0 unspecified atom stereocenters. The summed E-state index contributed by atoms with van der Waals surface area (Å²) in [4.78, 5) is 4.28. The number of sulfonamides is 1. The second-order valence-electron chi connectivity index (χ2n) is 3.99. The highest BCUT2D eigenvalue weighted by atomic mass is 32.2. The van der Waals surface area contributed by atoms with E-state index in [0.29, 0.717) is 0 Å². The van der Waals surface area contributed by atoms with Crippen LogP contribution in [-0.2, 0) is 10.0 Å². The second-order valence-corrected chi connectivity index (χ2v) is 6.59. The maximum Gasteiger partial charge on any atom is 0.271 e. The summed E-state index contributed by atoms with van der Waals surface area (Å²) in [6.45, 7) is 0.